The lowest BCUT2D eigenvalue weighted by Gasteiger charge is -2.11. The zero-order chi connectivity index (χ0) is 15.4. The van der Waals surface area contributed by atoms with E-state index in [1.807, 2.05) is 36.5 Å². The second kappa shape index (κ2) is 6.72. The van der Waals surface area contributed by atoms with Gasteiger partial charge in [-0.15, -0.1) is 0 Å². The Kier molecular flexibility index (Phi) is 4.50. The number of nitrogens with one attached hydrogen (secondary N) is 1. The third-order valence-corrected chi connectivity index (χ3v) is 3.75. The predicted molar refractivity (Wildman–Crippen MR) is 83.4 cm³/mol. The first kappa shape index (κ1) is 14.7. The van der Waals surface area contributed by atoms with Gasteiger partial charge in [0, 0.05) is 12.7 Å². The lowest BCUT2D eigenvalue weighted by Crippen LogP contribution is -2.29. The minimum atomic E-state index is -0.411. The maximum Gasteiger partial charge on any atom is 0.253 e. The van der Waals surface area contributed by atoms with E-state index in [4.69, 9.17) is 10.5 Å². The fourth-order valence-corrected chi connectivity index (χ4v) is 2.58. The van der Waals surface area contributed by atoms with Crippen LogP contribution in [0.2, 0.25) is 0 Å². The largest absolute Gasteiger partial charge is 0.364 e. The van der Waals surface area contributed by atoms with Crippen LogP contribution in [0.4, 0.5) is 5.69 Å². The minimum Gasteiger partial charge on any atom is -0.364 e. The molecule has 2 atom stereocenters. The van der Waals surface area contributed by atoms with Crippen molar-refractivity contribution in [1.29, 1.82) is 0 Å². The number of benzene rings is 1. The van der Waals surface area contributed by atoms with E-state index in [9.17, 15) is 4.79 Å². The van der Waals surface area contributed by atoms with Crippen LogP contribution in [0.15, 0.2) is 42.7 Å². The SMILES string of the molecule is NC[C@H]1CC[C@@H](C(=O)Nc2cnn(Cc3ccccc3)c2)O1. The third kappa shape index (κ3) is 3.52. The van der Waals surface area contributed by atoms with Crippen LogP contribution in [0.1, 0.15) is 18.4 Å². The summed E-state index contributed by atoms with van der Waals surface area (Å²) in [5, 5.41) is 7.11. The Morgan fingerprint density at radius 2 is 2.18 bits per heavy atom. The van der Waals surface area contributed by atoms with Crippen LogP contribution in [0.3, 0.4) is 0 Å². The lowest BCUT2D eigenvalue weighted by molar-refractivity contribution is -0.126. The molecule has 1 aromatic heterocycles. The van der Waals surface area contributed by atoms with E-state index < -0.39 is 6.10 Å². The van der Waals surface area contributed by atoms with Crippen LogP contribution in [-0.4, -0.2) is 34.4 Å². The summed E-state index contributed by atoms with van der Waals surface area (Å²) < 4.78 is 7.38. The maximum atomic E-state index is 12.1. The first-order valence-electron chi connectivity index (χ1n) is 7.47. The number of aromatic nitrogens is 2. The molecule has 6 nitrogen and oxygen atoms in total. The summed E-state index contributed by atoms with van der Waals surface area (Å²) in [7, 11) is 0. The standard InChI is InChI=1S/C16H20N4O2/c17-8-14-6-7-15(22-14)16(21)19-13-9-18-20(11-13)10-12-4-2-1-3-5-12/h1-5,9,11,14-15H,6-8,10,17H2,(H,19,21)/t14-,15+/m1/s1. The molecular formula is C16H20N4O2. The van der Waals surface area contributed by atoms with Crippen molar-refractivity contribution in [2.75, 3.05) is 11.9 Å². The van der Waals surface area contributed by atoms with E-state index in [1.54, 1.807) is 10.9 Å². The van der Waals surface area contributed by atoms with E-state index >= 15 is 0 Å². The Labute approximate surface area is 129 Å². The molecule has 3 N–H and O–H groups in total. The van der Waals surface area contributed by atoms with E-state index in [1.165, 1.54) is 0 Å². The molecule has 6 heteroatoms. The van der Waals surface area contributed by atoms with Gasteiger partial charge in [-0.2, -0.15) is 5.10 Å². The van der Waals surface area contributed by atoms with Gasteiger partial charge in [-0.1, -0.05) is 30.3 Å². The number of amides is 1. The number of anilines is 1. The summed E-state index contributed by atoms with van der Waals surface area (Å²) >= 11 is 0. The van der Waals surface area contributed by atoms with Gasteiger partial charge in [0.05, 0.1) is 24.5 Å². The highest BCUT2D eigenvalue weighted by Crippen LogP contribution is 2.20. The molecule has 0 saturated carbocycles. The van der Waals surface area contributed by atoms with Crippen LogP contribution in [0.5, 0.6) is 0 Å². The van der Waals surface area contributed by atoms with Gasteiger partial charge in [0.2, 0.25) is 0 Å². The highest BCUT2D eigenvalue weighted by atomic mass is 16.5. The van der Waals surface area contributed by atoms with Crippen LogP contribution >= 0.6 is 0 Å². The molecule has 0 radical (unpaired) electrons. The molecule has 1 saturated heterocycles. The molecule has 1 aliphatic rings. The third-order valence-electron chi connectivity index (χ3n) is 3.75. The molecule has 1 amide bonds. The topological polar surface area (TPSA) is 82.2 Å². The van der Waals surface area contributed by atoms with Gasteiger partial charge in [0.15, 0.2) is 0 Å². The van der Waals surface area contributed by atoms with Crippen molar-refractivity contribution < 1.29 is 9.53 Å². The fraction of sp³-hybridized carbons (Fsp3) is 0.375. The van der Waals surface area contributed by atoms with Crippen LogP contribution in [0, 0.1) is 0 Å². The van der Waals surface area contributed by atoms with Crippen molar-refractivity contribution in [1.82, 2.24) is 9.78 Å². The van der Waals surface area contributed by atoms with Gasteiger partial charge < -0.3 is 15.8 Å². The summed E-state index contributed by atoms with van der Waals surface area (Å²) in [5.41, 5.74) is 7.40. The monoisotopic (exact) mass is 300 g/mol. The average molecular weight is 300 g/mol. The van der Waals surface area contributed by atoms with Crippen LogP contribution in [0.25, 0.3) is 0 Å². The van der Waals surface area contributed by atoms with Gasteiger partial charge in [-0.05, 0) is 18.4 Å². The number of rotatable bonds is 5. The number of carbonyl (C=O) groups is 1. The van der Waals surface area contributed by atoms with Crippen molar-refractivity contribution in [3.8, 4) is 0 Å². The number of ether oxygens (including phenoxy) is 1. The minimum absolute atomic E-state index is 0.00319. The highest BCUT2D eigenvalue weighted by Gasteiger charge is 2.29. The molecule has 2 heterocycles. The molecular weight excluding hydrogens is 280 g/mol. The number of nitrogens with two attached hydrogens (primary N) is 1. The van der Waals surface area contributed by atoms with Gasteiger partial charge >= 0.3 is 0 Å². The molecule has 2 aromatic rings. The molecule has 1 aromatic carbocycles. The normalized spacial score (nSPS) is 21.0. The van der Waals surface area contributed by atoms with E-state index in [-0.39, 0.29) is 12.0 Å². The van der Waals surface area contributed by atoms with E-state index in [0.29, 0.717) is 25.2 Å². The fourth-order valence-electron chi connectivity index (χ4n) is 2.58. The van der Waals surface area contributed by atoms with Crippen molar-refractivity contribution in [3.63, 3.8) is 0 Å². The first-order chi connectivity index (χ1) is 10.7. The zero-order valence-corrected chi connectivity index (χ0v) is 12.3. The zero-order valence-electron chi connectivity index (χ0n) is 12.3. The Morgan fingerprint density at radius 3 is 2.91 bits per heavy atom. The molecule has 22 heavy (non-hydrogen) atoms. The number of carbonyl (C=O) groups excluding carboxylic acids is 1. The number of hydrogen-bond acceptors (Lipinski definition) is 4. The van der Waals surface area contributed by atoms with Crippen LogP contribution < -0.4 is 11.1 Å². The highest BCUT2D eigenvalue weighted by molar-refractivity contribution is 5.94. The van der Waals surface area contributed by atoms with Gasteiger partial charge in [0.25, 0.3) is 5.91 Å². The van der Waals surface area contributed by atoms with E-state index in [0.717, 1.165) is 12.0 Å². The molecule has 0 bridgehead atoms. The number of hydrogen-bond donors (Lipinski definition) is 2. The molecule has 0 spiro atoms. The van der Waals surface area contributed by atoms with Gasteiger partial charge in [-0.25, -0.2) is 0 Å². The molecule has 1 aliphatic heterocycles. The van der Waals surface area contributed by atoms with Gasteiger partial charge in [-0.3, -0.25) is 9.48 Å². The molecule has 3 rings (SSSR count). The molecule has 0 unspecified atom stereocenters. The predicted octanol–water partition coefficient (Wildman–Crippen LogP) is 1.38. The smallest absolute Gasteiger partial charge is 0.253 e. The number of nitrogens with zero attached hydrogens (tertiary/aromatic N) is 2. The lowest BCUT2D eigenvalue weighted by atomic mass is 10.2. The summed E-state index contributed by atoms with van der Waals surface area (Å²) in [6.07, 6.45) is 4.60. The Balaban J connectivity index is 1.56. The summed E-state index contributed by atoms with van der Waals surface area (Å²) in [6, 6.07) is 10.0. The molecule has 116 valence electrons. The Hall–Kier alpha value is -2.18. The maximum absolute atomic E-state index is 12.1. The van der Waals surface area contributed by atoms with Gasteiger partial charge in [0.1, 0.15) is 6.10 Å². The quantitative estimate of drug-likeness (QED) is 0.874. The second-order valence-electron chi connectivity index (χ2n) is 5.46. The second-order valence-corrected chi connectivity index (χ2v) is 5.46. The van der Waals surface area contributed by atoms with Crippen molar-refractivity contribution >= 4 is 11.6 Å². The van der Waals surface area contributed by atoms with Crippen LogP contribution in [-0.2, 0) is 16.1 Å². The van der Waals surface area contributed by atoms with Crippen molar-refractivity contribution in [3.05, 3.63) is 48.3 Å². The summed E-state index contributed by atoms with van der Waals surface area (Å²) in [5.74, 6) is -0.129. The first-order valence-corrected chi connectivity index (χ1v) is 7.47. The van der Waals surface area contributed by atoms with Crippen molar-refractivity contribution in [2.24, 2.45) is 5.73 Å². The summed E-state index contributed by atoms with van der Waals surface area (Å²) in [4.78, 5) is 12.1. The molecule has 1 fully saturated rings. The van der Waals surface area contributed by atoms with E-state index in [2.05, 4.69) is 10.4 Å². The Morgan fingerprint density at radius 1 is 1.36 bits per heavy atom. The Bertz CT molecular complexity index is 626. The van der Waals surface area contributed by atoms with Crippen molar-refractivity contribution in [2.45, 2.75) is 31.6 Å². The summed E-state index contributed by atoms with van der Waals surface area (Å²) in [6.45, 7) is 1.13. The average Bonchev–Trinajstić information content (AvgIpc) is 3.17. The molecule has 0 aliphatic carbocycles.